The first-order chi connectivity index (χ1) is 15.1. The number of nitro groups is 1. The molecule has 1 aliphatic rings. The van der Waals surface area contributed by atoms with Gasteiger partial charge in [-0.3, -0.25) is 19.8 Å². The predicted octanol–water partition coefficient (Wildman–Crippen LogP) is 1.97. The molecular weight excluding hydrogens is 438 g/mol. The van der Waals surface area contributed by atoms with Crippen LogP contribution in [0.2, 0.25) is 0 Å². The van der Waals surface area contributed by atoms with Gasteiger partial charge in [0.05, 0.1) is 24.0 Å². The summed E-state index contributed by atoms with van der Waals surface area (Å²) in [6.07, 6.45) is 0.950. The standard InChI is InChI=1S/C21H25N3O7S/c1-30-18-4-5-20(31-2)16(11-18)14-22-6-8-23(9-7-22)21(25)15-10-17(24(26)27)13-19(12-15)32(3,28)29/h4-5,10-13H,6-9,14H2,1-3H3. The van der Waals surface area contributed by atoms with Crippen molar-refractivity contribution in [1.82, 2.24) is 9.80 Å². The molecule has 0 aliphatic carbocycles. The number of carbonyl (C=O) groups excluding carboxylic acids is 1. The van der Waals surface area contributed by atoms with Crippen LogP contribution in [0.4, 0.5) is 5.69 Å². The van der Waals surface area contributed by atoms with Crippen molar-refractivity contribution in [2.45, 2.75) is 11.4 Å². The highest BCUT2D eigenvalue weighted by atomic mass is 32.2. The number of nitrogens with zero attached hydrogens (tertiary/aromatic N) is 3. The number of piperazine rings is 1. The molecule has 1 heterocycles. The Balaban J connectivity index is 1.73. The van der Waals surface area contributed by atoms with Crippen LogP contribution in [0.3, 0.4) is 0 Å². The summed E-state index contributed by atoms with van der Waals surface area (Å²) in [4.78, 5) is 26.9. The average molecular weight is 464 g/mol. The molecule has 10 nitrogen and oxygen atoms in total. The third-order valence-electron chi connectivity index (χ3n) is 5.32. The maximum absolute atomic E-state index is 13.0. The van der Waals surface area contributed by atoms with E-state index < -0.39 is 26.4 Å². The van der Waals surface area contributed by atoms with Crippen LogP contribution >= 0.6 is 0 Å². The van der Waals surface area contributed by atoms with E-state index in [0.29, 0.717) is 32.7 Å². The molecule has 1 amide bonds. The molecule has 32 heavy (non-hydrogen) atoms. The molecule has 1 saturated heterocycles. The zero-order chi connectivity index (χ0) is 23.5. The van der Waals surface area contributed by atoms with Crippen LogP contribution in [-0.4, -0.2) is 75.7 Å². The maximum Gasteiger partial charge on any atom is 0.271 e. The van der Waals surface area contributed by atoms with Crippen LogP contribution in [0.25, 0.3) is 0 Å². The fourth-order valence-electron chi connectivity index (χ4n) is 3.56. The summed E-state index contributed by atoms with van der Waals surface area (Å²) in [6.45, 7) is 2.58. The second kappa shape index (κ2) is 9.53. The van der Waals surface area contributed by atoms with Gasteiger partial charge in [-0.05, 0) is 24.3 Å². The van der Waals surface area contributed by atoms with Gasteiger partial charge in [-0.1, -0.05) is 0 Å². The fourth-order valence-corrected chi connectivity index (χ4v) is 4.24. The Kier molecular flexibility index (Phi) is 6.99. The normalized spacial score (nSPS) is 14.8. The lowest BCUT2D eigenvalue weighted by Crippen LogP contribution is -2.48. The highest BCUT2D eigenvalue weighted by Crippen LogP contribution is 2.26. The molecule has 0 saturated carbocycles. The van der Waals surface area contributed by atoms with Crippen LogP contribution < -0.4 is 9.47 Å². The summed E-state index contributed by atoms with van der Waals surface area (Å²) < 4.78 is 34.5. The number of hydrogen-bond acceptors (Lipinski definition) is 8. The first kappa shape index (κ1) is 23.5. The second-order valence-electron chi connectivity index (χ2n) is 7.49. The van der Waals surface area contributed by atoms with Crippen molar-refractivity contribution in [2.24, 2.45) is 0 Å². The van der Waals surface area contributed by atoms with Gasteiger partial charge in [-0.25, -0.2) is 8.42 Å². The molecule has 0 bridgehead atoms. The number of ether oxygens (including phenoxy) is 2. The van der Waals surface area contributed by atoms with Gasteiger partial charge in [0.1, 0.15) is 11.5 Å². The van der Waals surface area contributed by atoms with E-state index in [9.17, 15) is 23.3 Å². The van der Waals surface area contributed by atoms with Crippen molar-refractivity contribution in [1.29, 1.82) is 0 Å². The fraction of sp³-hybridized carbons (Fsp3) is 0.381. The lowest BCUT2D eigenvalue weighted by molar-refractivity contribution is -0.385. The highest BCUT2D eigenvalue weighted by Gasteiger charge is 2.26. The number of carbonyl (C=O) groups is 1. The van der Waals surface area contributed by atoms with Gasteiger partial charge in [0.2, 0.25) is 0 Å². The quantitative estimate of drug-likeness (QED) is 0.452. The molecule has 0 atom stereocenters. The Morgan fingerprint density at radius 1 is 1.06 bits per heavy atom. The third-order valence-corrected chi connectivity index (χ3v) is 6.41. The topological polar surface area (TPSA) is 119 Å². The smallest absolute Gasteiger partial charge is 0.271 e. The molecule has 0 aromatic heterocycles. The van der Waals surface area contributed by atoms with Gasteiger partial charge in [-0.15, -0.1) is 0 Å². The van der Waals surface area contributed by atoms with Crippen LogP contribution in [-0.2, 0) is 16.4 Å². The summed E-state index contributed by atoms with van der Waals surface area (Å²) in [5, 5.41) is 11.2. The number of amides is 1. The summed E-state index contributed by atoms with van der Waals surface area (Å²) >= 11 is 0. The highest BCUT2D eigenvalue weighted by molar-refractivity contribution is 7.90. The van der Waals surface area contributed by atoms with Crippen LogP contribution in [0.5, 0.6) is 11.5 Å². The largest absolute Gasteiger partial charge is 0.497 e. The van der Waals surface area contributed by atoms with Crippen LogP contribution in [0, 0.1) is 10.1 Å². The summed E-state index contributed by atoms with van der Waals surface area (Å²) in [6, 6.07) is 8.85. The minimum absolute atomic E-state index is 0.0115. The van der Waals surface area contributed by atoms with E-state index >= 15 is 0 Å². The Labute approximate surface area is 186 Å². The van der Waals surface area contributed by atoms with E-state index in [-0.39, 0.29) is 10.5 Å². The van der Waals surface area contributed by atoms with Crippen molar-refractivity contribution in [2.75, 3.05) is 46.7 Å². The molecular formula is C21H25N3O7S. The van der Waals surface area contributed by atoms with E-state index in [1.807, 2.05) is 18.2 Å². The number of non-ortho nitro benzene ring substituents is 1. The minimum Gasteiger partial charge on any atom is -0.497 e. The first-order valence-corrected chi connectivity index (χ1v) is 11.7. The minimum atomic E-state index is -3.71. The van der Waals surface area contributed by atoms with E-state index in [4.69, 9.17) is 9.47 Å². The molecule has 0 radical (unpaired) electrons. The van der Waals surface area contributed by atoms with E-state index in [0.717, 1.165) is 35.5 Å². The molecule has 1 aliphatic heterocycles. The Bertz CT molecular complexity index is 1130. The SMILES string of the molecule is COc1ccc(OC)c(CN2CCN(C(=O)c3cc([N+](=O)[O-])cc(S(C)(=O)=O)c3)CC2)c1. The summed E-state index contributed by atoms with van der Waals surface area (Å²) in [5.74, 6) is 1.04. The molecule has 2 aromatic carbocycles. The van der Waals surface area contributed by atoms with Gasteiger partial charge in [0.25, 0.3) is 11.6 Å². The lowest BCUT2D eigenvalue weighted by Gasteiger charge is -2.35. The van der Waals surface area contributed by atoms with Crippen molar-refractivity contribution in [3.05, 3.63) is 57.6 Å². The van der Waals surface area contributed by atoms with Gasteiger partial charge in [0, 0.05) is 62.2 Å². The second-order valence-corrected chi connectivity index (χ2v) is 9.51. The maximum atomic E-state index is 13.0. The van der Waals surface area contributed by atoms with Crippen molar-refractivity contribution < 1.29 is 27.6 Å². The van der Waals surface area contributed by atoms with Gasteiger partial charge in [-0.2, -0.15) is 0 Å². The van der Waals surface area contributed by atoms with Crippen molar-refractivity contribution in [3.63, 3.8) is 0 Å². The van der Waals surface area contributed by atoms with Gasteiger partial charge in [0.15, 0.2) is 9.84 Å². The molecule has 172 valence electrons. The zero-order valence-electron chi connectivity index (χ0n) is 18.1. The number of nitro benzene ring substituents is 1. The summed E-state index contributed by atoms with van der Waals surface area (Å²) in [5.41, 5.74) is 0.519. The Morgan fingerprint density at radius 2 is 1.75 bits per heavy atom. The zero-order valence-corrected chi connectivity index (χ0v) is 18.9. The van der Waals surface area contributed by atoms with Crippen molar-refractivity contribution >= 4 is 21.4 Å². The molecule has 11 heteroatoms. The molecule has 2 aromatic rings. The number of hydrogen-bond donors (Lipinski definition) is 0. The van der Waals surface area contributed by atoms with Gasteiger partial charge >= 0.3 is 0 Å². The first-order valence-electron chi connectivity index (χ1n) is 9.84. The number of benzene rings is 2. The van der Waals surface area contributed by atoms with Gasteiger partial charge < -0.3 is 14.4 Å². The molecule has 3 rings (SSSR count). The summed E-state index contributed by atoms with van der Waals surface area (Å²) in [7, 11) is -0.508. The monoisotopic (exact) mass is 463 g/mol. The van der Waals surface area contributed by atoms with Crippen LogP contribution in [0.1, 0.15) is 15.9 Å². The Hall–Kier alpha value is -3.18. The third kappa shape index (κ3) is 5.35. The molecule has 0 unspecified atom stereocenters. The molecule has 0 N–H and O–H groups in total. The Morgan fingerprint density at radius 3 is 2.31 bits per heavy atom. The molecule has 1 fully saturated rings. The van der Waals surface area contributed by atoms with Crippen LogP contribution in [0.15, 0.2) is 41.3 Å². The number of rotatable bonds is 7. The molecule has 0 spiro atoms. The predicted molar refractivity (Wildman–Crippen MR) is 117 cm³/mol. The number of methoxy groups -OCH3 is 2. The lowest BCUT2D eigenvalue weighted by atomic mass is 10.1. The van der Waals surface area contributed by atoms with E-state index in [1.165, 1.54) is 6.07 Å². The number of sulfone groups is 1. The van der Waals surface area contributed by atoms with E-state index in [2.05, 4.69) is 4.90 Å². The van der Waals surface area contributed by atoms with E-state index in [1.54, 1.807) is 19.1 Å². The van der Waals surface area contributed by atoms with Crippen molar-refractivity contribution in [3.8, 4) is 11.5 Å². The average Bonchev–Trinajstić information content (AvgIpc) is 2.78.